The second-order valence-electron chi connectivity index (χ2n) is 1.93. The van der Waals surface area contributed by atoms with Crippen LogP contribution >= 0.6 is 0 Å². The van der Waals surface area contributed by atoms with Crippen LogP contribution in [-0.2, 0) is 14.3 Å². The Morgan fingerprint density at radius 3 is 2.67 bits per heavy atom. The molecule has 0 saturated heterocycles. The van der Waals surface area contributed by atoms with E-state index in [0.717, 1.165) is 0 Å². The van der Waals surface area contributed by atoms with E-state index < -0.39 is 31.1 Å². The summed E-state index contributed by atoms with van der Waals surface area (Å²) < 4.78 is 4.31. The number of nitrogens with two attached hydrogens (primary N) is 1. The maximum absolute atomic E-state index is 10.4. The molecule has 0 spiro atoms. The number of carboxylic acids is 1. The Labute approximate surface area is 68.0 Å². The van der Waals surface area contributed by atoms with Crippen LogP contribution < -0.4 is 5.73 Å². The molecule has 3 N–H and O–H groups in total. The first-order chi connectivity index (χ1) is 5.57. The van der Waals surface area contributed by atoms with E-state index in [1.165, 1.54) is 0 Å². The van der Waals surface area contributed by atoms with E-state index in [-0.39, 0.29) is 0 Å². The highest BCUT2D eigenvalue weighted by atomic mass is 16.5. The Morgan fingerprint density at radius 1 is 1.67 bits per heavy atom. The molecule has 0 aliphatic carbocycles. The molecule has 0 unspecified atom stereocenters. The van der Waals surface area contributed by atoms with Gasteiger partial charge in [-0.1, -0.05) is 0 Å². The molecule has 0 fully saturated rings. The Bertz CT molecular complexity index is 193. The first-order valence-corrected chi connectivity index (χ1v) is 3.02. The molecule has 0 heterocycles. The number of rotatable bonds is 5. The summed E-state index contributed by atoms with van der Waals surface area (Å²) in [5, 5.41) is 10.7. The smallest absolute Gasteiger partial charge is 0.325 e. The van der Waals surface area contributed by atoms with Crippen molar-refractivity contribution >= 4 is 11.9 Å². The summed E-state index contributed by atoms with van der Waals surface area (Å²) in [4.78, 5) is 20.5. The molecule has 1 atom stereocenters. The van der Waals surface area contributed by atoms with E-state index in [0.29, 0.717) is 0 Å². The van der Waals surface area contributed by atoms with Gasteiger partial charge in [-0.3, -0.25) is 9.59 Å². The van der Waals surface area contributed by atoms with Gasteiger partial charge in [0.05, 0.1) is 0 Å². The quantitative estimate of drug-likeness (QED) is 0.407. The molecule has 0 rings (SSSR count). The van der Waals surface area contributed by atoms with Gasteiger partial charge in [0.15, 0.2) is 0 Å². The Kier molecular flexibility index (Phi) is 4.54. The summed E-state index contributed by atoms with van der Waals surface area (Å²) in [6.07, 6.45) is 0. The average Bonchev–Trinajstić information content (AvgIpc) is 2.00. The van der Waals surface area contributed by atoms with Gasteiger partial charge in [-0.15, -0.1) is 0 Å². The van der Waals surface area contributed by atoms with E-state index in [4.69, 9.17) is 16.4 Å². The SMILES string of the molecule is [N-]=NCC(=O)OC[C@@H](N)C(=O)O. The van der Waals surface area contributed by atoms with Gasteiger partial charge >= 0.3 is 11.9 Å². The number of carbonyl (C=O) groups excluding carboxylic acids is 1. The van der Waals surface area contributed by atoms with Crippen molar-refractivity contribution < 1.29 is 19.4 Å². The molecule has 7 nitrogen and oxygen atoms in total. The molecule has 0 bridgehead atoms. The van der Waals surface area contributed by atoms with Crippen molar-refractivity contribution in [2.75, 3.05) is 13.2 Å². The Balaban J connectivity index is 3.60. The molecule has 68 valence electrons. The van der Waals surface area contributed by atoms with Crippen LogP contribution in [0.15, 0.2) is 5.11 Å². The second-order valence-corrected chi connectivity index (χ2v) is 1.93. The molecule has 0 aliphatic heterocycles. The highest BCUT2D eigenvalue weighted by Crippen LogP contribution is 1.84. The summed E-state index contributed by atoms with van der Waals surface area (Å²) in [6, 6.07) is -1.24. The van der Waals surface area contributed by atoms with Crippen LogP contribution in [0.2, 0.25) is 0 Å². The van der Waals surface area contributed by atoms with Crippen molar-refractivity contribution in [1.29, 1.82) is 0 Å². The number of carboxylic acid groups (broad SMARTS) is 1. The molecular weight excluding hydrogens is 166 g/mol. The van der Waals surface area contributed by atoms with Gasteiger partial charge in [0.1, 0.15) is 19.2 Å². The maximum atomic E-state index is 10.4. The van der Waals surface area contributed by atoms with Crippen molar-refractivity contribution in [1.82, 2.24) is 0 Å². The summed E-state index contributed by atoms with van der Waals surface area (Å²) in [6.45, 7) is -0.948. The summed E-state index contributed by atoms with van der Waals surface area (Å²) in [5.74, 6) is -2.09. The summed E-state index contributed by atoms with van der Waals surface area (Å²) in [7, 11) is 0. The standard InChI is InChI=1S/C5H8N3O4/c6-3(5(10)11)2-12-4(9)1-8-7/h3H,1-2,6H2,(H,10,11)/q-1/t3-/m1/s1. The molecule has 0 aromatic carbocycles. The third-order valence-corrected chi connectivity index (χ3v) is 0.941. The lowest BCUT2D eigenvalue weighted by Crippen LogP contribution is -2.36. The molecule has 0 aliphatic rings. The molecule has 0 aromatic heterocycles. The van der Waals surface area contributed by atoms with Gasteiger partial charge in [-0.05, 0) is 0 Å². The zero-order chi connectivity index (χ0) is 9.56. The van der Waals surface area contributed by atoms with E-state index in [1.807, 2.05) is 0 Å². The van der Waals surface area contributed by atoms with Crippen molar-refractivity contribution in [3.05, 3.63) is 5.53 Å². The van der Waals surface area contributed by atoms with Crippen LogP contribution in [0.1, 0.15) is 0 Å². The lowest BCUT2D eigenvalue weighted by atomic mass is 10.3. The van der Waals surface area contributed by atoms with E-state index in [2.05, 4.69) is 9.85 Å². The fraction of sp³-hybridized carbons (Fsp3) is 0.600. The molecule has 7 heteroatoms. The zero-order valence-corrected chi connectivity index (χ0v) is 6.14. The summed E-state index contributed by atoms with van der Waals surface area (Å²) in [5.41, 5.74) is 12.9. The van der Waals surface area contributed by atoms with Gasteiger partial charge in [-0.2, -0.15) is 0 Å². The average molecular weight is 174 g/mol. The van der Waals surface area contributed by atoms with Gasteiger partial charge in [-0.25, -0.2) is 0 Å². The second kappa shape index (κ2) is 5.19. The van der Waals surface area contributed by atoms with Crippen molar-refractivity contribution in [3.8, 4) is 0 Å². The highest BCUT2D eigenvalue weighted by molar-refractivity contribution is 5.75. The van der Waals surface area contributed by atoms with Crippen molar-refractivity contribution in [3.63, 3.8) is 0 Å². The van der Waals surface area contributed by atoms with Crippen LogP contribution in [0.25, 0.3) is 5.53 Å². The van der Waals surface area contributed by atoms with Crippen LogP contribution in [0.4, 0.5) is 0 Å². The van der Waals surface area contributed by atoms with Crippen LogP contribution in [0.5, 0.6) is 0 Å². The Hall–Kier alpha value is -1.50. The first kappa shape index (κ1) is 10.5. The molecule has 12 heavy (non-hydrogen) atoms. The molecule has 0 radical (unpaired) electrons. The maximum Gasteiger partial charge on any atom is 0.325 e. The van der Waals surface area contributed by atoms with Crippen LogP contribution in [0, 0.1) is 0 Å². The number of nitrogens with zero attached hydrogens (tertiary/aromatic N) is 2. The zero-order valence-electron chi connectivity index (χ0n) is 6.14. The molecule has 0 saturated carbocycles. The number of carbonyl (C=O) groups is 2. The Morgan fingerprint density at radius 2 is 2.25 bits per heavy atom. The van der Waals surface area contributed by atoms with E-state index in [1.54, 1.807) is 0 Å². The predicted molar refractivity (Wildman–Crippen MR) is 37.2 cm³/mol. The predicted octanol–water partition coefficient (Wildman–Crippen LogP) is -1.04. The number of hydrogen-bond donors (Lipinski definition) is 2. The van der Waals surface area contributed by atoms with E-state index >= 15 is 0 Å². The highest BCUT2D eigenvalue weighted by Gasteiger charge is 2.13. The lowest BCUT2D eigenvalue weighted by molar-refractivity contribution is -0.146. The fourth-order valence-electron chi connectivity index (χ4n) is 0.357. The molecule has 0 aromatic rings. The topological polar surface area (TPSA) is 124 Å². The number of aliphatic carboxylic acids is 1. The summed E-state index contributed by atoms with van der Waals surface area (Å²) >= 11 is 0. The van der Waals surface area contributed by atoms with Gasteiger partial charge in [0.25, 0.3) is 0 Å². The third-order valence-electron chi connectivity index (χ3n) is 0.941. The van der Waals surface area contributed by atoms with Crippen LogP contribution in [0.3, 0.4) is 0 Å². The molecular formula is C5H8N3O4-. The minimum absolute atomic E-state index is 0.427. The lowest BCUT2D eigenvalue weighted by Gasteiger charge is -2.06. The van der Waals surface area contributed by atoms with Crippen molar-refractivity contribution in [2.45, 2.75) is 6.04 Å². The van der Waals surface area contributed by atoms with Gasteiger partial charge < -0.3 is 26.2 Å². The van der Waals surface area contributed by atoms with E-state index in [9.17, 15) is 9.59 Å². The first-order valence-electron chi connectivity index (χ1n) is 3.02. The normalized spacial score (nSPS) is 11.8. The fourth-order valence-corrected chi connectivity index (χ4v) is 0.357. The number of hydrogen-bond acceptors (Lipinski definition) is 5. The minimum Gasteiger partial charge on any atom is -0.711 e. The van der Waals surface area contributed by atoms with Crippen molar-refractivity contribution in [2.24, 2.45) is 10.8 Å². The molecule has 0 amide bonds. The third kappa shape index (κ3) is 4.34. The van der Waals surface area contributed by atoms with Gasteiger partial charge in [0.2, 0.25) is 0 Å². The number of ether oxygens (including phenoxy) is 1. The number of esters is 1. The largest absolute Gasteiger partial charge is 0.711 e. The monoisotopic (exact) mass is 174 g/mol. The van der Waals surface area contributed by atoms with Gasteiger partial charge in [0, 0.05) is 0 Å². The van der Waals surface area contributed by atoms with Crippen LogP contribution in [-0.4, -0.2) is 36.2 Å². The minimum atomic E-state index is -1.26.